The fourth-order valence-corrected chi connectivity index (χ4v) is 5.96. The maximum absolute atomic E-state index is 2.31. The van der Waals surface area contributed by atoms with E-state index >= 15 is 0 Å². The van der Waals surface area contributed by atoms with Crippen LogP contribution in [-0.2, 0) is 4.08 Å². The molecule has 1 aliphatic rings. The third kappa shape index (κ3) is 2.64. The molecule has 1 aliphatic heterocycles. The van der Waals surface area contributed by atoms with E-state index in [-0.39, 0.29) is 4.08 Å². The fourth-order valence-electron chi connectivity index (χ4n) is 2.58. The van der Waals surface area contributed by atoms with E-state index < -0.39 is 0 Å². The minimum Gasteiger partial charge on any atom is -0.135 e. The maximum Gasteiger partial charge on any atom is 0.111 e. The van der Waals surface area contributed by atoms with Crippen LogP contribution in [0.1, 0.15) is 28.7 Å². The third-order valence-corrected chi connectivity index (χ3v) is 7.21. The molecule has 104 valence electrons. The Morgan fingerprint density at radius 3 is 1.50 bits per heavy atom. The lowest BCUT2D eigenvalue weighted by Gasteiger charge is -2.37. The zero-order chi connectivity index (χ0) is 14.0. The van der Waals surface area contributed by atoms with Crippen LogP contribution in [0.2, 0.25) is 0 Å². The number of hydrogen-bond donors (Lipinski definition) is 0. The van der Waals surface area contributed by atoms with Gasteiger partial charge in [-0.25, -0.2) is 0 Å². The molecule has 20 heavy (non-hydrogen) atoms. The molecule has 1 saturated heterocycles. The molecule has 0 saturated carbocycles. The van der Waals surface area contributed by atoms with Gasteiger partial charge in [0.2, 0.25) is 0 Å². The Bertz CT molecular complexity index is 516. The summed E-state index contributed by atoms with van der Waals surface area (Å²) in [5.41, 5.74) is 5.53. The molecule has 2 aromatic rings. The van der Waals surface area contributed by atoms with Gasteiger partial charge in [0.1, 0.15) is 4.08 Å². The first-order valence-electron chi connectivity index (χ1n) is 7.13. The predicted molar refractivity (Wildman–Crippen MR) is 92.7 cm³/mol. The van der Waals surface area contributed by atoms with Crippen molar-refractivity contribution in [1.29, 1.82) is 0 Å². The zero-order valence-corrected chi connectivity index (χ0v) is 13.7. The molecule has 0 atom stereocenters. The topological polar surface area (TPSA) is 0 Å². The van der Waals surface area contributed by atoms with Crippen molar-refractivity contribution in [3.05, 3.63) is 70.8 Å². The Labute approximate surface area is 130 Å². The highest BCUT2D eigenvalue weighted by atomic mass is 32.2. The van der Waals surface area contributed by atoms with E-state index in [0.29, 0.717) is 0 Å². The second kappa shape index (κ2) is 5.87. The van der Waals surface area contributed by atoms with Gasteiger partial charge in [-0.2, -0.15) is 0 Å². The summed E-state index contributed by atoms with van der Waals surface area (Å²) in [6, 6.07) is 18.2. The van der Waals surface area contributed by atoms with Crippen molar-refractivity contribution in [1.82, 2.24) is 0 Å². The van der Waals surface area contributed by atoms with Gasteiger partial charge in [0.05, 0.1) is 0 Å². The summed E-state index contributed by atoms with van der Waals surface area (Å²) in [4.78, 5) is 0. The molecule has 0 unspecified atom stereocenters. The van der Waals surface area contributed by atoms with Gasteiger partial charge < -0.3 is 0 Å². The standard InChI is InChI=1S/C18H20S2/c1-14-4-8-16(9-5-14)18(19-12-3-13-20-18)17-10-6-15(2)7-11-17/h4-11H,3,12-13H2,1-2H3. The molecular weight excluding hydrogens is 280 g/mol. The third-order valence-electron chi connectivity index (χ3n) is 3.76. The van der Waals surface area contributed by atoms with Crippen molar-refractivity contribution in [3.63, 3.8) is 0 Å². The lowest BCUT2D eigenvalue weighted by atomic mass is 10.0. The van der Waals surface area contributed by atoms with Crippen LogP contribution in [0.3, 0.4) is 0 Å². The molecule has 0 spiro atoms. The molecule has 0 N–H and O–H groups in total. The van der Waals surface area contributed by atoms with Gasteiger partial charge in [-0.1, -0.05) is 59.7 Å². The van der Waals surface area contributed by atoms with Crippen molar-refractivity contribution >= 4 is 23.5 Å². The Hall–Kier alpha value is -0.860. The number of benzene rings is 2. The van der Waals surface area contributed by atoms with Crippen molar-refractivity contribution < 1.29 is 0 Å². The second-order valence-electron chi connectivity index (χ2n) is 5.40. The average molecular weight is 300 g/mol. The molecule has 0 radical (unpaired) electrons. The zero-order valence-electron chi connectivity index (χ0n) is 12.1. The molecule has 3 rings (SSSR count). The summed E-state index contributed by atoms with van der Waals surface area (Å²) in [5, 5.41) is 0. The van der Waals surface area contributed by atoms with Crippen LogP contribution in [0.15, 0.2) is 48.5 Å². The summed E-state index contributed by atoms with van der Waals surface area (Å²) < 4.78 is 0.0830. The molecule has 0 bridgehead atoms. The predicted octanol–water partition coefficient (Wildman–Crippen LogP) is 5.37. The quantitative estimate of drug-likeness (QED) is 0.731. The summed E-state index contributed by atoms with van der Waals surface area (Å²) in [6.45, 7) is 4.31. The number of rotatable bonds is 2. The molecular formula is C18H20S2. The van der Waals surface area contributed by atoms with E-state index in [1.807, 2.05) is 0 Å². The van der Waals surface area contributed by atoms with Gasteiger partial charge in [0.25, 0.3) is 0 Å². The van der Waals surface area contributed by atoms with Crippen LogP contribution in [0.5, 0.6) is 0 Å². The van der Waals surface area contributed by atoms with Crippen LogP contribution in [0.4, 0.5) is 0 Å². The van der Waals surface area contributed by atoms with Crippen LogP contribution in [0, 0.1) is 13.8 Å². The Balaban J connectivity index is 2.08. The van der Waals surface area contributed by atoms with Gasteiger partial charge in [-0.3, -0.25) is 0 Å². The molecule has 0 aliphatic carbocycles. The molecule has 1 heterocycles. The molecule has 1 fully saturated rings. The average Bonchev–Trinajstić information content (AvgIpc) is 2.49. The van der Waals surface area contributed by atoms with Crippen molar-refractivity contribution in [2.75, 3.05) is 11.5 Å². The van der Waals surface area contributed by atoms with E-state index in [4.69, 9.17) is 0 Å². The van der Waals surface area contributed by atoms with E-state index in [0.717, 1.165) is 0 Å². The Morgan fingerprint density at radius 1 is 0.700 bits per heavy atom. The monoisotopic (exact) mass is 300 g/mol. The first-order chi connectivity index (χ1) is 9.71. The summed E-state index contributed by atoms with van der Waals surface area (Å²) in [6.07, 6.45) is 1.31. The highest BCUT2D eigenvalue weighted by Crippen LogP contribution is 2.54. The van der Waals surface area contributed by atoms with E-state index in [1.54, 1.807) is 0 Å². The maximum atomic E-state index is 2.31. The minimum absolute atomic E-state index is 0.0830. The number of thioether (sulfide) groups is 2. The van der Waals surface area contributed by atoms with E-state index in [1.165, 1.54) is 40.2 Å². The van der Waals surface area contributed by atoms with Crippen molar-refractivity contribution in [3.8, 4) is 0 Å². The summed E-state index contributed by atoms with van der Waals surface area (Å²) in [7, 11) is 0. The minimum atomic E-state index is 0.0830. The Morgan fingerprint density at radius 2 is 1.10 bits per heavy atom. The second-order valence-corrected chi connectivity index (χ2v) is 8.28. The van der Waals surface area contributed by atoms with Crippen LogP contribution >= 0.6 is 23.5 Å². The normalized spacial score (nSPS) is 17.9. The van der Waals surface area contributed by atoms with Gasteiger partial charge in [-0.15, -0.1) is 23.5 Å². The highest BCUT2D eigenvalue weighted by Gasteiger charge is 2.37. The van der Waals surface area contributed by atoms with Gasteiger partial charge in [0.15, 0.2) is 0 Å². The molecule has 2 aromatic carbocycles. The first kappa shape index (κ1) is 14.1. The lowest BCUT2D eigenvalue weighted by molar-refractivity contribution is 1.00. The number of hydrogen-bond acceptors (Lipinski definition) is 2. The molecule has 0 nitrogen and oxygen atoms in total. The van der Waals surface area contributed by atoms with Crippen LogP contribution in [-0.4, -0.2) is 11.5 Å². The number of aryl methyl sites for hydroxylation is 2. The van der Waals surface area contributed by atoms with Crippen molar-refractivity contribution in [2.45, 2.75) is 24.3 Å². The largest absolute Gasteiger partial charge is 0.135 e. The molecule has 2 heteroatoms. The SMILES string of the molecule is Cc1ccc(C2(c3ccc(C)cc3)SCCCS2)cc1. The van der Waals surface area contributed by atoms with E-state index in [2.05, 4.69) is 85.9 Å². The summed E-state index contributed by atoms with van der Waals surface area (Å²) in [5.74, 6) is 2.49. The first-order valence-corrected chi connectivity index (χ1v) is 9.10. The van der Waals surface area contributed by atoms with E-state index in [9.17, 15) is 0 Å². The summed E-state index contributed by atoms with van der Waals surface area (Å²) >= 11 is 4.18. The fraction of sp³-hybridized carbons (Fsp3) is 0.333. The van der Waals surface area contributed by atoms with Gasteiger partial charge in [0, 0.05) is 0 Å². The van der Waals surface area contributed by atoms with Gasteiger partial charge >= 0.3 is 0 Å². The van der Waals surface area contributed by atoms with Crippen molar-refractivity contribution in [2.24, 2.45) is 0 Å². The smallest absolute Gasteiger partial charge is 0.111 e. The molecule has 0 aromatic heterocycles. The lowest BCUT2D eigenvalue weighted by Crippen LogP contribution is -2.24. The Kier molecular flexibility index (Phi) is 4.13. The van der Waals surface area contributed by atoms with Crippen LogP contribution < -0.4 is 0 Å². The van der Waals surface area contributed by atoms with Crippen LogP contribution in [0.25, 0.3) is 0 Å². The van der Waals surface area contributed by atoms with Gasteiger partial charge in [-0.05, 0) is 42.9 Å². The highest BCUT2D eigenvalue weighted by molar-refractivity contribution is 8.18. The molecule has 0 amide bonds.